The number of amidine groups is 1. The number of carbonyl (C=O) groups excluding carboxylic acids is 1. The lowest BCUT2D eigenvalue weighted by molar-refractivity contribution is -0.141. The third-order valence-corrected chi connectivity index (χ3v) is 5.76. The van der Waals surface area contributed by atoms with Gasteiger partial charge in [-0.25, -0.2) is 9.44 Å². The normalized spacial score (nSPS) is 15.1. The molecule has 1 unspecified atom stereocenters. The molecule has 1 atom stereocenters. The summed E-state index contributed by atoms with van der Waals surface area (Å²) in [7, 11) is 0. The molecule has 10 heteroatoms. The average Bonchev–Trinajstić information content (AvgIpc) is 3.13. The van der Waals surface area contributed by atoms with Gasteiger partial charge in [-0.1, -0.05) is 6.07 Å². The molecule has 0 amide bonds. The molecule has 4 N–H and O–H groups in total. The van der Waals surface area contributed by atoms with Crippen LogP contribution in [0.5, 0.6) is 0 Å². The molecule has 0 fully saturated rings. The van der Waals surface area contributed by atoms with Crippen LogP contribution >= 0.6 is 28.4 Å². The SMILES string of the molecule is CCOC(=O)CN/C=C1\C(=N)c2ccc(-c3ccnn3PI)cc2N=C1N. The van der Waals surface area contributed by atoms with E-state index in [-0.39, 0.29) is 24.1 Å². The number of rotatable bonds is 6. The highest BCUT2D eigenvalue weighted by Crippen LogP contribution is 2.35. The Hall–Kier alpha value is -2.26. The Morgan fingerprint density at radius 2 is 2.30 bits per heavy atom. The molecular formula is C17H18IN6O2P. The van der Waals surface area contributed by atoms with E-state index < -0.39 is 0 Å². The number of aromatic nitrogens is 2. The first kappa shape index (κ1) is 19.5. The van der Waals surface area contributed by atoms with Crippen LogP contribution in [0.3, 0.4) is 0 Å². The number of hydrogen-bond donors (Lipinski definition) is 3. The zero-order valence-corrected chi connectivity index (χ0v) is 17.6. The molecule has 3 rings (SSSR count). The van der Waals surface area contributed by atoms with Crippen molar-refractivity contribution in [3.63, 3.8) is 0 Å². The molecule has 0 saturated carbocycles. The van der Waals surface area contributed by atoms with Crippen molar-refractivity contribution in [3.05, 3.63) is 47.8 Å². The number of nitrogens with zero attached hydrogens (tertiary/aromatic N) is 3. The van der Waals surface area contributed by atoms with Crippen LogP contribution in [0.1, 0.15) is 12.5 Å². The van der Waals surface area contributed by atoms with Gasteiger partial charge in [0.15, 0.2) is 0 Å². The molecule has 1 aromatic carbocycles. The summed E-state index contributed by atoms with van der Waals surface area (Å²) in [6.45, 7) is 2.07. The monoisotopic (exact) mass is 496 g/mol. The van der Waals surface area contributed by atoms with Crippen molar-refractivity contribution in [2.75, 3.05) is 13.2 Å². The van der Waals surface area contributed by atoms with E-state index in [9.17, 15) is 4.79 Å². The first-order chi connectivity index (χ1) is 13.0. The fourth-order valence-electron chi connectivity index (χ4n) is 2.64. The smallest absolute Gasteiger partial charge is 0.325 e. The summed E-state index contributed by atoms with van der Waals surface area (Å²) in [5, 5.41) is 15.6. The van der Waals surface area contributed by atoms with E-state index in [1.165, 1.54) is 6.20 Å². The highest BCUT2D eigenvalue weighted by atomic mass is 127. The summed E-state index contributed by atoms with van der Waals surface area (Å²) in [6.07, 6.45) is 3.78. The van der Waals surface area contributed by atoms with Crippen molar-refractivity contribution in [1.82, 2.24) is 14.9 Å². The summed E-state index contributed by atoms with van der Waals surface area (Å²) >= 11 is 2.28. The predicted octanol–water partition coefficient (Wildman–Crippen LogP) is 2.75. The lowest BCUT2D eigenvalue weighted by Gasteiger charge is -2.18. The number of esters is 1. The second kappa shape index (κ2) is 8.62. The number of nitrogens with one attached hydrogen (secondary N) is 2. The fourth-order valence-corrected chi connectivity index (χ4v) is 4.20. The molecule has 1 aliphatic heterocycles. The van der Waals surface area contributed by atoms with Gasteiger partial charge in [-0.3, -0.25) is 10.2 Å². The second-order valence-electron chi connectivity index (χ2n) is 5.56. The van der Waals surface area contributed by atoms with Gasteiger partial charge >= 0.3 is 5.97 Å². The van der Waals surface area contributed by atoms with Gasteiger partial charge in [-0.15, -0.1) is 0 Å². The van der Waals surface area contributed by atoms with Crippen molar-refractivity contribution in [2.45, 2.75) is 6.92 Å². The Bertz CT molecular complexity index is 953. The van der Waals surface area contributed by atoms with Crippen molar-refractivity contribution in [3.8, 4) is 11.3 Å². The summed E-state index contributed by atoms with van der Waals surface area (Å²) < 4.78 is 6.77. The number of hydrogen-bond acceptors (Lipinski definition) is 7. The molecule has 0 bridgehead atoms. The third-order valence-electron chi connectivity index (χ3n) is 3.87. The number of fused-ring (bicyclic) bond motifs is 1. The van der Waals surface area contributed by atoms with E-state index in [2.05, 4.69) is 37.4 Å². The topological polar surface area (TPSA) is 118 Å². The fraction of sp³-hybridized carbons (Fsp3) is 0.176. The zero-order chi connectivity index (χ0) is 19.4. The molecule has 140 valence electrons. The Labute approximate surface area is 171 Å². The van der Waals surface area contributed by atoms with Crippen LogP contribution in [-0.2, 0) is 9.53 Å². The maximum Gasteiger partial charge on any atom is 0.325 e. The van der Waals surface area contributed by atoms with Gasteiger partial charge in [0.25, 0.3) is 0 Å². The summed E-state index contributed by atoms with van der Waals surface area (Å²) in [4.78, 5) is 15.8. The highest BCUT2D eigenvalue weighted by molar-refractivity contribution is 14.2. The minimum absolute atomic E-state index is 0.00473. The zero-order valence-electron chi connectivity index (χ0n) is 14.5. The van der Waals surface area contributed by atoms with Crippen LogP contribution in [0.4, 0.5) is 5.69 Å². The number of halogens is 1. The quantitative estimate of drug-likeness (QED) is 0.323. The van der Waals surface area contributed by atoms with E-state index in [4.69, 9.17) is 15.9 Å². The molecule has 27 heavy (non-hydrogen) atoms. The summed E-state index contributed by atoms with van der Waals surface area (Å²) in [5.74, 6) is -0.143. The molecule has 0 aliphatic carbocycles. The van der Waals surface area contributed by atoms with E-state index in [1.54, 1.807) is 13.1 Å². The maximum atomic E-state index is 11.4. The van der Waals surface area contributed by atoms with Crippen LogP contribution in [0, 0.1) is 5.41 Å². The van der Waals surface area contributed by atoms with Crippen molar-refractivity contribution in [1.29, 1.82) is 5.41 Å². The Balaban J connectivity index is 1.86. The third kappa shape index (κ3) is 4.19. The van der Waals surface area contributed by atoms with E-state index in [0.717, 1.165) is 11.3 Å². The van der Waals surface area contributed by atoms with Gasteiger partial charge in [-0.2, -0.15) is 5.10 Å². The number of aliphatic imine (C=N–C) groups is 1. The number of carbonyl (C=O) groups is 1. The van der Waals surface area contributed by atoms with Crippen molar-refractivity contribution >= 4 is 51.6 Å². The lowest BCUT2D eigenvalue weighted by atomic mass is 9.95. The Kier molecular flexibility index (Phi) is 6.22. The molecular weight excluding hydrogens is 478 g/mol. The van der Waals surface area contributed by atoms with Crippen LogP contribution in [0.2, 0.25) is 0 Å². The van der Waals surface area contributed by atoms with Crippen LogP contribution < -0.4 is 11.1 Å². The number of ether oxygens (including phenoxy) is 1. The van der Waals surface area contributed by atoms with Gasteiger partial charge < -0.3 is 15.8 Å². The van der Waals surface area contributed by atoms with Gasteiger partial charge in [0, 0.05) is 23.5 Å². The predicted molar refractivity (Wildman–Crippen MR) is 116 cm³/mol. The van der Waals surface area contributed by atoms with Gasteiger partial charge in [0.2, 0.25) is 0 Å². The Morgan fingerprint density at radius 1 is 1.48 bits per heavy atom. The molecule has 2 heterocycles. The van der Waals surface area contributed by atoms with E-state index in [0.29, 0.717) is 29.8 Å². The van der Waals surface area contributed by atoms with Crippen molar-refractivity contribution in [2.24, 2.45) is 10.7 Å². The van der Waals surface area contributed by atoms with Crippen molar-refractivity contribution < 1.29 is 9.53 Å². The van der Waals surface area contributed by atoms with Crippen LogP contribution in [0.25, 0.3) is 11.3 Å². The Morgan fingerprint density at radius 3 is 3.04 bits per heavy atom. The van der Waals surface area contributed by atoms with Gasteiger partial charge in [0.05, 0.1) is 35.6 Å². The molecule has 0 spiro atoms. The second-order valence-corrected chi connectivity index (χ2v) is 7.60. The lowest BCUT2D eigenvalue weighted by Crippen LogP contribution is -2.28. The molecule has 8 nitrogen and oxygen atoms in total. The largest absolute Gasteiger partial charge is 0.465 e. The minimum atomic E-state index is -0.371. The molecule has 0 saturated heterocycles. The molecule has 1 aromatic heterocycles. The maximum absolute atomic E-state index is 11.4. The minimum Gasteiger partial charge on any atom is -0.465 e. The van der Waals surface area contributed by atoms with Gasteiger partial charge in [-0.05, 0) is 47.2 Å². The average molecular weight is 496 g/mol. The number of benzene rings is 1. The molecule has 0 radical (unpaired) electrons. The van der Waals surface area contributed by atoms with Crippen LogP contribution in [-0.4, -0.2) is 40.2 Å². The van der Waals surface area contributed by atoms with Crippen LogP contribution in [0.15, 0.2) is 47.2 Å². The summed E-state index contributed by atoms with van der Waals surface area (Å²) in [5.41, 5.74) is 10.0. The van der Waals surface area contributed by atoms with Gasteiger partial charge in [0.1, 0.15) is 12.4 Å². The molecule has 2 aromatic rings. The standard InChI is InChI=1S/C17H18IN6O2P/c1-2-26-15(25)9-21-8-12-16(19)11-4-3-10(7-13(11)23-17(12)20)14-5-6-22-24(14)27-18/h3-8,19,21,27H,2,9H2,1H3,(H2,20,23)/b12-8+,19-16?. The van der Waals surface area contributed by atoms with E-state index >= 15 is 0 Å². The first-order valence-corrected chi connectivity index (χ1v) is 12.2. The van der Waals surface area contributed by atoms with E-state index in [1.807, 2.05) is 28.7 Å². The highest BCUT2D eigenvalue weighted by Gasteiger charge is 2.22. The number of nitrogens with two attached hydrogens (primary N) is 1. The first-order valence-electron chi connectivity index (χ1n) is 8.13. The summed E-state index contributed by atoms with van der Waals surface area (Å²) in [6, 6.07) is 7.65. The molecule has 1 aliphatic rings.